The second kappa shape index (κ2) is 6.83. The van der Waals surface area contributed by atoms with Gasteiger partial charge in [0.15, 0.2) is 0 Å². The lowest BCUT2D eigenvalue weighted by Gasteiger charge is -2.41. The molecule has 0 radical (unpaired) electrons. The fourth-order valence-corrected chi connectivity index (χ4v) is 4.17. The Morgan fingerprint density at radius 2 is 1.92 bits per heavy atom. The van der Waals surface area contributed by atoms with Crippen LogP contribution in [0.3, 0.4) is 0 Å². The first kappa shape index (κ1) is 19.5. The summed E-state index contributed by atoms with van der Waals surface area (Å²) in [4.78, 5) is 14.2. The molecule has 3 fully saturated rings. The minimum atomic E-state index is -0.444. The zero-order chi connectivity index (χ0) is 18.3. The minimum absolute atomic E-state index is 0.132. The van der Waals surface area contributed by atoms with Crippen molar-refractivity contribution in [2.24, 2.45) is 17.3 Å². The van der Waals surface area contributed by atoms with E-state index in [2.05, 4.69) is 33.0 Å². The lowest BCUT2D eigenvalue weighted by atomic mass is 9.70. The van der Waals surface area contributed by atoms with Crippen LogP contribution in [0.25, 0.3) is 0 Å². The van der Waals surface area contributed by atoms with E-state index in [1.165, 1.54) is 0 Å². The summed E-state index contributed by atoms with van der Waals surface area (Å²) in [7, 11) is 0. The van der Waals surface area contributed by atoms with E-state index in [1.54, 1.807) is 0 Å². The molecular formula is C19H36N2O3. The molecule has 5 atom stereocenters. The molecule has 1 amide bonds. The quantitative estimate of drug-likeness (QED) is 0.807. The van der Waals surface area contributed by atoms with Gasteiger partial charge in [0.2, 0.25) is 0 Å². The van der Waals surface area contributed by atoms with Crippen LogP contribution in [0.15, 0.2) is 0 Å². The van der Waals surface area contributed by atoms with E-state index >= 15 is 0 Å². The van der Waals surface area contributed by atoms with Crippen molar-refractivity contribution < 1.29 is 14.6 Å². The molecule has 0 aromatic rings. The van der Waals surface area contributed by atoms with E-state index in [-0.39, 0.29) is 23.7 Å². The Balaban J connectivity index is 1.81. The van der Waals surface area contributed by atoms with Crippen LogP contribution in [0.2, 0.25) is 0 Å². The normalized spacial score (nSPS) is 29.2. The maximum absolute atomic E-state index is 12.3. The molecule has 2 aliphatic heterocycles. The molecule has 140 valence electrons. The second-order valence-corrected chi connectivity index (χ2v) is 9.89. The highest BCUT2D eigenvalue weighted by Crippen LogP contribution is 2.48. The summed E-state index contributed by atoms with van der Waals surface area (Å²) < 4.78 is 5.53. The number of rotatable bonds is 5. The van der Waals surface area contributed by atoms with Gasteiger partial charge in [-0.1, -0.05) is 20.8 Å². The Hall–Kier alpha value is -0.810. The van der Waals surface area contributed by atoms with Crippen molar-refractivity contribution in [3.63, 3.8) is 0 Å². The van der Waals surface area contributed by atoms with Crippen LogP contribution in [0.4, 0.5) is 4.79 Å². The van der Waals surface area contributed by atoms with E-state index < -0.39 is 5.60 Å². The number of carbonyl (C=O) groups excluding carboxylic acids is 1. The molecule has 24 heavy (non-hydrogen) atoms. The fourth-order valence-electron chi connectivity index (χ4n) is 4.17. The van der Waals surface area contributed by atoms with Gasteiger partial charge >= 0.3 is 6.09 Å². The second-order valence-electron chi connectivity index (χ2n) is 9.89. The van der Waals surface area contributed by atoms with Gasteiger partial charge in [-0.3, -0.25) is 0 Å². The highest BCUT2D eigenvalue weighted by Gasteiger charge is 2.56. The van der Waals surface area contributed by atoms with Crippen LogP contribution in [0.1, 0.15) is 61.3 Å². The molecule has 3 rings (SSSR count). The number of aliphatic hydroxyl groups excluding tert-OH is 1. The Labute approximate surface area is 147 Å². The number of ether oxygens (including phenoxy) is 1. The zero-order valence-electron chi connectivity index (χ0n) is 16.4. The van der Waals surface area contributed by atoms with Crippen molar-refractivity contribution in [1.29, 1.82) is 0 Å². The maximum atomic E-state index is 12.3. The number of nitrogens with zero attached hydrogens (tertiary/aromatic N) is 1. The zero-order valence-corrected chi connectivity index (χ0v) is 16.4. The third kappa shape index (κ3) is 4.85. The molecule has 0 spiro atoms. The topological polar surface area (TPSA) is 61.8 Å². The third-order valence-corrected chi connectivity index (χ3v) is 5.09. The third-order valence-electron chi connectivity index (χ3n) is 5.09. The lowest BCUT2D eigenvalue weighted by Crippen LogP contribution is -2.52. The van der Waals surface area contributed by atoms with E-state index in [9.17, 15) is 9.90 Å². The Morgan fingerprint density at radius 3 is 2.46 bits per heavy atom. The molecule has 0 aromatic carbocycles. The van der Waals surface area contributed by atoms with Gasteiger partial charge in [-0.15, -0.1) is 0 Å². The van der Waals surface area contributed by atoms with Gasteiger partial charge in [-0.2, -0.15) is 0 Å². The van der Waals surface area contributed by atoms with Crippen LogP contribution in [-0.4, -0.2) is 53.0 Å². The van der Waals surface area contributed by atoms with Crippen LogP contribution < -0.4 is 5.32 Å². The van der Waals surface area contributed by atoms with Gasteiger partial charge in [0.25, 0.3) is 0 Å². The highest BCUT2D eigenvalue weighted by atomic mass is 16.6. The van der Waals surface area contributed by atoms with Crippen LogP contribution in [-0.2, 0) is 4.74 Å². The average Bonchev–Trinajstić information content (AvgIpc) is 2.90. The van der Waals surface area contributed by atoms with Crippen molar-refractivity contribution in [3.8, 4) is 0 Å². The average molecular weight is 341 g/mol. The summed E-state index contributed by atoms with van der Waals surface area (Å²) in [6.07, 6.45) is 1.36. The molecule has 2 heterocycles. The molecule has 5 nitrogen and oxygen atoms in total. The molecule has 2 saturated heterocycles. The summed E-state index contributed by atoms with van der Waals surface area (Å²) in [6.45, 7) is 15.7. The molecule has 1 aliphatic carbocycles. The van der Waals surface area contributed by atoms with Gasteiger partial charge in [-0.25, -0.2) is 4.79 Å². The van der Waals surface area contributed by atoms with Crippen molar-refractivity contribution in [1.82, 2.24) is 10.2 Å². The Morgan fingerprint density at radius 1 is 1.29 bits per heavy atom. The van der Waals surface area contributed by atoms with Gasteiger partial charge in [0.05, 0.1) is 6.10 Å². The largest absolute Gasteiger partial charge is 0.444 e. The SMILES string of the molecule is CC(NCC(O)CC(C)(C)C)C1C2CC1N(C(=O)OC(C)(C)C)C2. The van der Waals surface area contributed by atoms with Gasteiger partial charge in [-0.05, 0) is 57.8 Å². The monoisotopic (exact) mass is 340 g/mol. The number of fused-ring (bicyclic) bond motifs is 1. The standard InChI is InChI=1S/C19H36N2O3/c1-12(20-10-14(22)9-18(2,3)4)16-13-8-15(16)21(11-13)17(23)24-19(5,6)7/h12-16,20,22H,8-11H2,1-7H3. The summed E-state index contributed by atoms with van der Waals surface area (Å²) in [5.41, 5.74) is -0.312. The molecule has 1 saturated carbocycles. The summed E-state index contributed by atoms with van der Waals surface area (Å²) in [5.74, 6) is 1.03. The molecule has 5 heteroatoms. The number of hydrogen-bond acceptors (Lipinski definition) is 4. The van der Waals surface area contributed by atoms with Crippen LogP contribution in [0.5, 0.6) is 0 Å². The Bertz CT molecular complexity index is 453. The Kier molecular flexibility index (Phi) is 5.55. The molecule has 2 N–H and O–H groups in total. The van der Waals surface area contributed by atoms with E-state index in [4.69, 9.17) is 4.74 Å². The van der Waals surface area contributed by atoms with Crippen molar-refractivity contribution in [3.05, 3.63) is 0 Å². The van der Waals surface area contributed by atoms with Crippen LogP contribution in [0, 0.1) is 17.3 Å². The number of aliphatic hydroxyl groups is 1. The lowest BCUT2D eigenvalue weighted by molar-refractivity contribution is 0.0174. The van der Waals surface area contributed by atoms with Crippen molar-refractivity contribution in [2.45, 2.75) is 85.1 Å². The maximum Gasteiger partial charge on any atom is 0.410 e. The van der Waals surface area contributed by atoms with E-state index in [0.29, 0.717) is 24.4 Å². The van der Waals surface area contributed by atoms with Gasteiger partial charge < -0.3 is 20.1 Å². The first-order valence-electron chi connectivity index (χ1n) is 9.28. The molecular weight excluding hydrogens is 304 g/mol. The van der Waals surface area contributed by atoms with Gasteiger partial charge in [0.1, 0.15) is 5.60 Å². The van der Waals surface area contributed by atoms with E-state index in [1.807, 2.05) is 25.7 Å². The molecule has 3 aliphatic rings. The van der Waals surface area contributed by atoms with Crippen molar-refractivity contribution in [2.75, 3.05) is 13.1 Å². The predicted molar refractivity (Wildman–Crippen MR) is 95.9 cm³/mol. The molecule has 5 unspecified atom stereocenters. The summed E-state index contributed by atoms with van der Waals surface area (Å²) in [5, 5.41) is 13.7. The minimum Gasteiger partial charge on any atom is -0.444 e. The van der Waals surface area contributed by atoms with E-state index in [0.717, 1.165) is 19.4 Å². The molecule has 2 bridgehead atoms. The first-order chi connectivity index (χ1) is 10.9. The van der Waals surface area contributed by atoms with Gasteiger partial charge in [0, 0.05) is 25.2 Å². The fraction of sp³-hybridized carbons (Fsp3) is 0.947. The smallest absolute Gasteiger partial charge is 0.410 e. The number of amides is 1. The first-order valence-corrected chi connectivity index (χ1v) is 9.28. The number of carbonyl (C=O) groups is 1. The van der Waals surface area contributed by atoms with Crippen LogP contribution >= 0.6 is 0 Å². The number of nitrogens with one attached hydrogen (secondary N) is 1. The summed E-state index contributed by atoms with van der Waals surface area (Å²) in [6, 6.07) is 0.586. The highest BCUT2D eigenvalue weighted by molar-refractivity contribution is 5.69. The number of hydrogen-bond donors (Lipinski definition) is 2. The summed E-state index contributed by atoms with van der Waals surface area (Å²) >= 11 is 0. The molecule has 0 aromatic heterocycles. The van der Waals surface area contributed by atoms with Crippen molar-refractivity contribution >= 4 is 6.09 Å². The predicted octanol–water partition coefficient (Wildman–Crippen LogP) is 3.02.